The van der Waals surface area contributed by atoms with Crippen molar-refractivity contribution in [2.45, 2.75) is 37.5 Å². The van der Waals surface area contributed by atoms with Gasteiger partial charge < -0.3 is 4.74 Å². The van der Waals surface area contributed by atoms with E-state index in [2.05, 4.69) is 20.8 Å². The van der Waals surface area contributed by atoms with Crippen molar-refractivity contribution in [1.82, 2.24) is 0 Å². The van der Waals surface area contributed by atoms with E-state index in [1.54, 1.807) is 12.1 Å². The Bertz CT molecular complexity index is 836. The highest BCUT2D eigenvalue weighted by Gasteiger charge is 2.22. The van der Waals surface area contributed by atoms with Gasteiger partial charge in [0, 0.05) is 0 Å². The molecule has 1 N–H and O–H groups in total. The predicted molar refractivity (Wildman–Crippen MR) is 91.0 cm³/mol. The van der Waals surface area contributed by atoms with Crippen LogP contribution in [0.3, 0.4) is 0 Å². The molecule has 2 rings (SSSR count). The van der Waals surface area contributed by atoms with E-state index in [9.17, 15) is 17.8 Å². The Morgan fingerprint density at radius 2 is 1.67 bits per heavy atom. The lowest BCUT2D eigenvalue weighted by molar-refractivity contribution is 0.0730. The van der Waals surface area contributed by atoms with Crippen molar-refractivity contribution in [2.24, 2.45) is 0 Å². The molecule has 0 aliphatic carbocycles. The number of hydrogen-bond acceptors (Lipinski definition) is 4. The Morgan fingerprint density at radius 1 is 1.08 bits per heavy atom. The van der Waals surface area contributed by atoms with Crippen molar-refractivity contribution < 1.29 is 22.5 Å². The Labute approximate surface area is 142 Å². The molecule has 0 amide bonds. The number of benzene rings is 2. The van der Waals surface area contributed by atoms with Crippen molar-refractivity contribution in [3.8, 4) is 5.75 Å². The molecule has 0 atom stereocenters. The third-order valence-electron chi connectivity index (χ3n) is 4.12. The molecule has 24 heavy (non-hydrogen) atoms. The van der Waals surface area contributed by atoms with E-state index in [-0.39, 0.29) is 11.0 Å². The number of rotatable bonds is 5. The van der Waals surface area contributed by atoms with Gasteiger partial charge in [-0.25, -0.2) is 4.79 Å². The quantitative estimate of drug-likeness (QED) is 0.504. The van der Waals surface area contributed by atoms with Gasteiger partial charge in [0.2, 0.25) is 0 Å². The first-order valence-corrected chi connectivity index (χ1v) is 8.98. The maximum Gasteiger partial charge on any atom is 0.344 e. The predicted octanol–water partition coefficient (Wildman–Crippen LogP) is 3.84. The molecular weight excluding hydrogens is 328 g/mol. The molecule has 0 aromatic heterocycles. The summed E-state index contributed by atoms with van der Waals surface area (Å²) in [5, 5.41) is 0. The molecule has 0 heterocycles. The molecule has 0 bridgehead atoms. The molecule has 0 radical (unpaired) electrons. The molecule has 6 heteroatoms. The fraction of sp³-hybridized carbons (Fsp3) is 0.278. The number of ether oxygens (including phenoxy) is 1. The third kappa shape index (κ3) is 4.01. The summed E-state index contributed by atoms with van der Waals surface area (Å²) in [6.07, 6.45) is 0.966. The maximum atomic E-state index is 12.2. The molecule has 0 saturated heterocycles. The van der Waals surface area contributed by atoms with Crippen LogP contribution in [0, 0.1) is 0 Å². The van der Waals surface area contributed by atoms with Crippen LogP contribution < -0.4 is 4.74 Å². The van der Waals surface area contributed by atoms with Gasteiger partial charge in [-0.15, -0.1) is 0 Å². The molecular formula is C18H20O5S. The van der Waals surface area contributed by atoms with Crippen molar-refractivity contribution in [2.75, 3.05) is 0 Å². The van der Waals surface area contributed by atoms with Crippen molar-refractivity contribution >= 4 is 16.1 Å². The first-order chi connectivity index (χ1) is 11.1. The van der Waals surface area contributed by atoms with Gasteiger partial charge in [-0.05, 0) is 41.7 Å². The number of carbonyl (C=O) groups excluding carboxylic acids is 1. The zero-order chi connectivity index (χ0) is 18.0. The smallest absolute Gasteiger partial charge is 0.344 e. The molecule has 0 fully saturated rings. The lowest BCUT2D eigenvalue weighted by atomic mass is 9.82. The second-order valence-electron chi connectivity index (χ2n) is 6.12. The molecule has 2 aromatic rings. The Hall–Kier alpha value is -2.18. The van der Waals surface area contributed by atoms with Crippen molar-refractivity contribution in [1.29, 1.82) is 0 Å². The van der Waals surface area contributed by atoms with Crippen LogP contribution >= 0.6 is 0 Å². The zero-order valence-electron chi connectivity index (χ0n) is 13.8. The molecule has 0 aliphatic rings. The highest BCUT2D eigenvalue weighted by molar-refractivity contribution is 7.86. The van der Waals surface area contributed by atoms with Gasteiger partial charge in [0.1, 0.15) is 10.6 Å². The normalized spacial score (nSPS) is 12.0. The summed E-state index contributed by atoms with van der Waals surface area (Å²) >= 11 is 0. The third-order valence-corrected chi connectivity index (χ3v) is 5.03. The SMILES string of the molecule is CCC(C)(C)c1ccc(OC(=O)c2ccccc2S(=O)(=O)O)cc1. The van der Waals surface area contributed by atoms with Crippen LogP contribution in [0.2, 0.25) is 0 Å². The standard InChI is InChI=1S/C18H20O5S/c1-4-18(2,3)13-9-11-14(12-10-13)23-17(19)15-7-5-6-8-16(15)24(20,21)22/h5-12H,4H2,1-3H3,(H,20,21,22). The summed E-state index contributed by atoms with van der Waals surface area (Å²) < 4.78 is 37.1. The van der Waals surface area contributed by atoms with Crippen molar-refractivity contribution in [3.63, 3.8) is 0 Å². The minimum Gasteiger partial charge on any atom is -0.423 e. The largest absolute Gasteiger partial charge is 0.423 e. The van der Waals surface area contributed by atoms with Crippen LogP contribution in [-0.4, -0.2) is 18.9 Å². The van der Waals surface area contributed by atoms with Gasteiger partial charge in [-0.1, -0.05) is 45.0 Å². The van der Waals surface area contributed by atoms with Crippen LogP contribution in [0.5, 0.6) is 5.75 Å². The van der Waals surface area contributed by atoms with E-state index in [0.29, 0.717) is 5.75 Å². The lowest BCUT2D eigenvalue weighted by Crippen LogP contribution is -2.16. The van der Waals surface area contributed by atoms with Crippen LogP contribution in [0.1, 0.15) is 43.1 Å². The van der Waals surface area contributed by atoms with Gasteiger partial charge in [0.05, 0.1) is 5.56 Å². The minimum atomic E-state index is -4.50. The van der Waals surface area contributed by atoms with E-state index in [1.807, 2.05) is 12.1 Å². The maximum absolute atomic E-state index is 12.2. The van der Waals surface area contributed by atoms with E-state index in [4.69, 9.17) is 4.74 Å². The van der Waals surface area contributed by atoms with E-state index in [1.165, 1.54) is 18.2 Å². The lowest BCUT2D eigenvalue weighted by Gasteiger charge is -2.23. The van der Waals surface area contributed by atoms with Gasteiger partial charge in [0.25, 0.3) is 10.1 Å². The topological polar surface area (TPSA) is 80.7 Å². The molecule has 0 saturated carbocycles. The van der Waals surface area contributed by atoms with Gasteiger partial charge >= 0.3 is 5.97 Å². The van der Waals surface area contributed by atoms with E-state index < -0.39 is 21.0 Å². The van der Waals surface area contributed by atoms with Gasteiger partial charge in [-0.2, -0.15) is 8.42 Å². The molecule has 128 valence electrons. The minimum absolute atomic E-state index is 0.0140. The van der Waals surface area contributed by atoms with E-state index in [0.717, 1.165) is 18.1 Å². The Morgan fingerprint density at radius 3 is 2.21 bits per heavy atom. The monoisotopic (exact) mass is 348 g/mol. The number of hydrogen-bond donors (Lipinski definition) is 1. The second-order valence-corrected chi connectivity index (χ2v) is 7.51. The zero-order valence-corrected chi connectivity index (χ0v) is 14.6. The summed E-state index contributed by atoms with van der Waals surface area (Å²) in [6, 6.07) is 12.4. The average molecular weight is 348 g/mol. The molecule has 5 nitrogen and oxygen atoms in total. The fourth-order valence-corrected chi connectivity index (χ4v) is 2.88. The molecule has 0 aliphatic heterocycles. The summed E-state index contributed by atoms with van der Waals surface area (Å²) in [6.45, 7) is 6.34. The molecule has 0 unspecified atom stereocenters. The first-order valence-electron chi connectivity index (χ1n) is 7.54. The van der Waals surface area contributed by atoms with Crippen LogP contribution in [-0.2, 0) is 15.5 Å². The van der Waals surface area contributed by atoms with Crippen molar-refractivity contribution in [3.05, 3.63) is 59.7 Å². The van der Waals surface area contributed by atoms with Crippen LogP contribution in [0.25, 0.3) is 0 Å². The molecule has 0 spiro atoms. The number of esters is 1. The van der Waals surface area contributed by atoms with Gasteiger partial charge in [-0.3, -0.25) is 4.55 Å². The molecule has 2 aromatic carbocycles. The summed E-state index contributed by atoms with van der Waals surface area (Å²) in [5.74, 6) is -0.536. The average Bonchev–Trinajstić information content (AvgIpc) is 2.54. The Balaban J connectivity index is 2.26. The summed E-state index contributed by atoms with van der Waals surface area (Å²) in [7, 11) is -4.50. The van der Waals surface area contributed by atoms with Gasteiger partial charge in [0.15, 0.2) is 0 Å². The van der Waals surface area contributed by atoms with E-state index >= 15 is 0 Å². The number of carbonyl (C=O) groups is 1. The second kappa shape index (κ2) is 6.75. The van der Waals surface area contributed by atoms with Crippen LogP contribution in [0.15, 0.2) is 53.4 Å². The summed E-state index contributed by atoms with van der Waals surface area (Å²) in [5.41, 5.74) is 0.918. The highest BCUT2D eigenvalue weighted by atomic mass is 32.2. The fourth-order valence-electron chi connectivity index (χ4n) is 2.20. The Kier molecular flexibility index (Phi) is 5.11. The van der Waals surface area contributed by atoms with Crippen LogP contribution in [0.4, 0.5) is 0 Å². The first kappa shape index (κ1) is 18.2. The highest BCUT2D eigenvalue weighted by Crippen LogP contribution is 2.28. The summed E-state index contributed by atoms with van der Waals surface area (Å²) in [4.78, 5) is 11.7.